The molecule has 8 heteroatoms. The van der Waals surface area contributed by atoms with E-state index in [-0.39, 0.29) is 62.5 Å². The van der Waals surface area contributed by atoms with Gasteiger partial charge in [-0.25, -0.2) is 0 Å². The quantitative estimate of drug-likeness (QED) is 0.669. The van der Waals surface area contributed by atoms with E-state index in [0.29, 0.717) is 12.0 Å². The molecule has 3 atom stereocenters. The highest BCUT2D eigenvalue weighted by molar-refractivity contribution is 7.59. The molecule has 6 nitrogen and oxygen atoms in total. The first-order valence-electron chi connectivity index (χ1n) is 10.2. The SMILES string of the molecule is CC(C)C[C@H](NC(=O)c1ccc(C(C)(C)C)cc1)C(=O)N[C@@]1(C)C(=O)CO[C@H]1C.S.S. The molecule has 2 N–H and O–H groups in total. The van der Waals surface area contributed by atoms with Crippen molar-refractivity contribution in [2.24, 2.45) is 5.92 Å². The molecule has 1 aromatic rings. The lowest BCUT2D eigenvalue weighted by Crippen LogP contribution is -2.60. The zero-order valence-electron chi connectivity index (χ0n) is 19.6. The second-order valence-electron chi connectivity index (χ2n) is 9.55. The Morgan fingerprint density at radius 3 is 2.13 bits per heavy atom. The molecule has 0 bridgehead atoms. The van der Waals surface area contributed by atoms with E-state index in [9.17, 15) is 14.4 Å². The Kier molecular flexibility index (Phi) is 10.8. The molecule has 0 unspecified atom stereocenters. The zero-order chi connectivity index (χ0) is 22.0. The van der Waals surface area contributed by atoms with Crippen LogP contribution in [0.1, 0.15) is 70.8 Å². The van der Waals surface area contributed by atoms with E-state index < -0.39 is 17.7 Å². The first-order valence-corrected chi connectivity index (χ1v) is 10.2. The largest absolute Gasteiger partial charge is 0.368 e. The molecular formula is C23H38N2O4S2. The van der Waals surface area contributed by atoms with Gasteiger partial charge in [0.25, 0.3) is 5.91 Å². The number of Topliss-reactive ketones (excluding diaryl/α,β-unsaturated/α-hetero) is 1. The number of hydrogen-bond donors (Lipinski definition) is 2. The predicted molar refractivity (Wildman–Crippen MR) is 134 cm³/mol. The molecule has 0 aromatic heterocycles. The Balaban J connectivity index is 0.00000450. The van der Waals surface area contributed by atoms with Crippen molar-refractivity contribution in [1.29, 1.82) is 0 Å². The number of hydrogen-bond acceptors (Lipinski definition) is 4. The van der Waals surface area contributed by atoms with Gasteiger partial charge in [-0.3, -0.25) is 14.4 Å². The van der Waals surface area contributed by atoms with Crippen LogP contribution in [0.25, 0.3) is 0 Å². The van der Waals surface area contributed by atoms with Gasteiger partial charge in [0, 0.05) is 5.56 Å². The van der Waals surface area contributed by atoms with Gasteiger partial charge in [-0.2, -0.15) is 27.0 Å². The van der Waals surface area contributed by atoms with Crippen LogP contribution in [0.5, 0.6) is 0 Å². The number of benzene rings is 1. The second-order valence-corrected chi connectivity index (χ2v) is 9.55. The van der Waals surface area contributed by atoms with E-state index in [4.69, 9.17) is 4.74 Å². The molecule has 1 aromatic carbocycles. The van der Waals surface area contributed by atoms with E-state index in [1.165, 1.54) is 0 Å². The first-order chi connectivity index (χ1) is 13.3. The maximum absolute atomic E-state index is 12.9. The highest BCUT2D eigenvalue weighted by atomic mass is 32.1. The fourth-order valence-corrected chi connectivity index (χ4v) is 3.32. The topological polar surface area (TPSA) is 84.5 Å². The van der Waals surface area contributed by atoms with Crippen LogP contribution in [0.3, 0.4) is 0 Å². The Bertz CT molecular complexity index is 775. The highest BCUT2D eigenvalue weighted by Gasteiger charge is 2.47. The minimum atomic E-state index is -1.08. The fraction of sp³-hybridized carbons (Fsp3) is 0.609. The van der Waals surface area contributed by atoms with Crippen LogP contribution in [-0.4, -0.2) is 41.9 Å². The van der Waals surface area contributed by atoms with Crippen LogP contribution in [0, 0.1) is 5.92 Å². The van der Waals surface area contributed by atoms with Crippen LogP contribution in [0.15, 0.2) is 24.3 Å². The summed E-state index contributed by atoms with van der Waals surface area (Å²) in [4.78, 5) is 37.9. The van der Waals surface area contributed by atoms with Crippen molar-refractivity contribution in [3.8, 4) is 0 Å². The number of amides is 2. The van der Waals surface area contributed by atoms with Crippen molar-refractivity contribution in [3.05, 3.63) is 35.4 Å². The Hall–Kier alpha value is -1.51. The summed E-state index contributed by atoms with van der Waals surface area (Å²) in [5.41, 5.74) is 0.550. The molecule has 176 valence electrons. The molecule has 0 aliphatic carbocycles. The lowest BCUT2D eigenvalue weighted by atomic mass is 9.86. The molecule has 1 aliphatic heterocycles. The summed E-state index contributed by atoms with van der Waals surface area (Å²) < 4.78 is 5.38. The molecule has 1 aliphatic rings. The summed E-state index contributed by atoms with van der Waals surface area (Å²) in [7, 11) is 0. The van der Waals surface area contributed by atoms with Crippen molar-refractivity contribution >= 4 is 44.6 Å². The van der Waals surface area contributed by atoms with Crippen molar-refractivity contribution in [3.63, 3.8) is 0 Å². The third-order valence-corrected chi connectivity index (χ3v) is 5.58. The van der Waals surface area contributed by atoms with E-state index in [1.54, 1.807) is 26.0 Å². The van der Waals surface area contributed by atoms with Crippen LogP contribution in [-0.2, 0) is 19.7 Å². The van der Waals surface area contributed by atoms with Crippen LogP contribution >= 0.6 is 27.0 Å². The molecule has 2 amide bonds. The maximum atomic E-state index is 12.9. The van der Waals surface area contributed by atoms with Gasteiger partial charge < -0.3 is 15.4 Å². The van der Waals surface area contributed by atoms with Crippen molar-refractivity contribution in [2.75, 3.05) is 6.61 Å². The van der Waals surface area contributed by atoms with Gasteiger partial charge in [0.2, 0.25) is 5.91 Å². The van der Waals surface area contributed by atoms with E-state index in [2.05, 4.69) is 31.4 Å². The number of nitrogens with one attached hydrogen (secondary N) is 2. The minimum Gasteiger partial charge on any atom is -0.368 e. The van der Waals surface area contributed by atoms with E-state index >= 15 is 0 Å². The fourth-order valence-electron chi connectivity index (χ4n) is 3.32. The second kappa shape index (κ2) is 11.4. The average Bonchev–Trinajstić information content (AvgIpc) is 2.87. The first kappa shape index (κ1) is 29.5. The summed E-state index contributed by atoms with van der Waals surface area (Å²) >= 11 is 0. The van der Waals surface area contributed by atoms with Crippen LogP contribution in [0.2, 0.25) is 0 Å². The molecule has 2 rings (SSSR count). The Labute approximate surface area is 200 Å². The standard InChI is InChI=1S/C23H34N2O4.2H2S/c1-14(2)12-18(21(28)25-23(7)15(3)29-13-19(23)26)24-20(27)16-8-10-17(11-9-16)22(4,5)6;;/h8-11,14-15,18H,12-13H2,1-7H3,(H,24,27)(H,25,28);2*1H2/t15-,18-,23+;;/m0../s1. The molecule has 1 saturated heterocycles. The predicted octanol–water partition coefficient (Wildman–Crippen LogP) is 3.22. The third kappa shape index (κ3) is 7.26. The number of rotatable bonds is 6. The van der Waals surface area contributed by atoms with Gasteiger partial charge in [0.15, 0.2) is 5.78 Å². The number of ketones is 1. The third-order valence-electron chi connectivity index (χ3n) is 5.58. The molecule has 0 spiro atoms. The monoisotopic (exact) mass is 470 g/mol. The van der Waals surface area contributed by atoms with Gasteiger partial charge in [-0.1, -0.05) is 46.8 Å². The lowest BCUT2D eigenvalue weighted by Gasteiger charge is -2.30. The Morgan fingerprint density at radius 2 is 1.71 bits per heavy atom. The highest BCUT2D eigenvalue weighted by Crippen LogP contribution is 2.24. The summed E-state index contributed by atoms with van der Waals surface area (Å²) in [5.74, 6) is -0.647. The van der Waals surface area contributed by atoms with Gasteiger partial charge in [-0.15, -0.1) is 0 Å². The normalized spacial score (nSPS) is 21.7. The smallest absolute Gasteiger partial charge is 0.251 e. The molecule has 31 heavy (non-hydrogen) atoms. The summed E-state index contributed by atoms with van der Waals surface area (Å²) in [6.07, 6.45) is 0.0521. The number of carbonyl (C=O) groups is 3. The van der Waals surface area contributed by atoms with Crippen LogP contribution < -0.4 is 10.6 Å². The van der Waals surface area contributed by atoms with Gasteiger partial charge in [-0.05, 0) is 49.3 Å². The van der Waals surface area contributed by atoms with Gasteiger partial charge in [0.05, 0.1) is 6.10 Å². The molecule has 1 heterocycles. The van der Waals surface area contributed by atoms with E-state index in [1.807, 2.05) is 26.0 Å². The number of carbonyl (C=O) groups excluding carboxylic acids is 3. The summed E-state index contributed by atoms with van der Waals surface area (Å²) in [6.45, 7) is 13.7. The Morgan fingerprint density at radius 1 is 1.16 bits per heavy atom. The van der Waals surface area contributed by atoms with Gasteiger partial charge in [0.1, 0.15) is 18.2 Å². The maximum Gasteiger partial charge on any atom is 0.251 e. The average molecular weight is 471 g/mol. The minimum absolute atomic E-state index is 0. The van der Waals surface area contributed by atoms with Crippen molar-refractivity contribution < 1.29 is 19.1 Å². The number of ether oxygens (including phenoxy) is 1. The lowest BCUT2D eigenvalue weighted by molar-refractivity contribution is -0.130. The van der Waals surface area contributed by atoms with Crippen molar-refractivity contribution in [1.82, 2.24) is 10.6 Å². The summed E-state index contributed by atoms with van der Waals surface area (Å²) in [6, 6.07) is 6.69. The molecule has 1 fully saturated rings. The zero-order valence-corrected chi connectivity index (χ0v) is 21.6. The molecule has 0 saturated carbocycles. The molecular weight excluding hydrogens is 432 g/mol. The van der Waals surface area contributed by atoms with Crippen molar-refractivity contribution in [2.45, 2.75) is 78.0 Å². The summed E-state index contributed by atoms with van der Waals surface area (Å²) in [5, 5.41) is 5.66. The van der Waals surface area contributed by atoms with E-state index in [0.717, 1.165) is 5.56 Å². The van der Waals surface area contributed by atoms with Gasteiger partial charge >= 0.3 is 0 Å². The van der Waals surface area contributed by atoms with Crippen LogP contribution in [0.4, 0.5) is 0 Å². The molecule has 0 radical (unpaired) electrons.